The maximum atomic E-state index is 9.77. The fourth-order valence-corrected chi connectivity index (χ4v) is 2.37. The van der Waals surface area contributed by atoms with Crippen LogP contribution >= 0.6 is 15.9 Å². The Balaban J connectivity index is 1.56. The van der Waals surface area contributed by atoms with E-state index in [0.29, 0.717) is 12.5 Å². The molecule has 19 heavy (non-hydrogen) atoms. The molecular formula is C14H20BrNO3. The van der Waals surface area contributed by atoms with Gasteiger partial charge in [-0.2, -0.15) is 0 Å². The van der Waals surface area contributed by atoms with Crippen LogP contribution in [0.5, 0.6) is 5.75 Å². The Hall–Kier alpha value is -0.620. The van der Waals surface area contributed by atoms with Crippen LogP contribution < -0.4 is 10.1 Å². The minimum absolute atomic E-state index is 0.113. The van der Waals surface area contributed by atoms with Crippen molar-refractivity contribution in [3.8, 4) is 5.75 Å². The van der Waals surface area contributed by atoms with E-state index >= 15 is 0 Å². The first-order valence-corrected chi connectivity index (χ1v) is 7.38. The van der Waals surface area contributed by atoms with Gasteiger partial charge in [-0.3, -0.25) is 0 Å². The predicted molar refractivity (Wildman–Crippen MR) is 77.2 cm³/mol. The standard InChI is InChI=1S/C14H20BrNO3/c15-11-1-3-14(4-2-11)19-9-13(18)8-16-7-10-5-12(17)6-10/h1-4,10,12-13,16-18H,5-9H2. The second-order valence-corrected chi connectivity index (χ2v) is 5.98. The van der Waals surface area contributed by atoms with Crippen molar-refractivity contribution in [2.75, 3.05) is 19.7 Å². The van der Waals surface area contributed by atoms with E-state index in [1.54, 1.807) is 0 Å². The molecule has 1 aromatic rings. The fraction of sp³-hybridized carbons (Fsp3) is 0.571. The van der Waals surface area contributed by atoms with E-state index in [0.717, 1.165) is 29.6 Å². The predicted octanol–water partition coefficient (Wildman–Crippen LogP) is 1.55. The lowest BCUT2D eigenvalue weighted by Crippen LogP contribution is -2.39. The second-order valence-electron chi connectivity index (χ2n) is 5.07. The van der Waals surface area contributed by atoms with E-state index < -0.39 is 6.10 Å². The molecule has 0 amide bonds. The van der Waals surface area contributed by atoms with Gasteiger partial charge in [-0.15, -0.1) is 0 Å². The zero-order chi connectivity index (χ0) is 13.7. The smallest absolute Gasteiger partial charge is 0.119 e. The lowest BCUT2D eigenvalue weighted by molar-refractivity contribution is 0.0400. The third-order valence-corrected chi connectivity index (χ3v) is 3.81. The minimum atomic E-state index is -0.520. The summed E-state index contributed by atoms with van der Waals surface area (Å²) in [5, 5.41) is 22.1. The molecule has 3 N–H and O–H groups in total. The van der Waals surface area contributed by atoms with Gasteiger partial charge >= 0.3 is 0 Å². The van der Waals surface area contributed by atoms with Crippen molar-refractivity contribution in [1.29, 1.82) is 0 Å². The highest BCUT2D eigenvalue weighted by atomic mass is 79.9. The SMILES string of the molecule is OC(CNCC1CC(O)C1)COc1ccc(Br)cc1. The van der Waals surface area contributed by atoms with Gasteiger partial charge in [-0.1, -0.05) is 15.9 Å². The van der Waals surface area contributed by atoms with Crippen LogP contribution in [0.2, 0.25) is 0 Å². The first-order chi connectivity index (χ1) is 9.13. The van der Waals surface area contributed by atoms with Gasteiger partial charge in [0.25, 0.3) is 0 Å². The normalized spacial score (nSPS) is 23.7. The number of aliphatic hydroxyl groups excluding tert-OH is 2. The zero-order valence-corrected chi connectivity index (χ0v) is 12.3. The summed E-state index contributed by atoms with van der Waals surface area (Å²) in [4.78, 5) is 0. The quantitative estimate of drug-likeness (QED) is 0.710. The Morgan fingerprint density at radius 1 is 1.32 bits per heavy atom. The molecule has 106 valence electrons. The van der Waals surface area contributed by atoms with Crippen LogP contribution in [0.3, 0.4) is 0 Å². The fourth-order valence-electron chi connectivity index (χ4n) is 2.10. The van der Waals surface area contributed by atoms with Crippen LogP contribution in [0.1, 0.15) is 12.8 Å². The van der Waals surface area contributed by atoms with Crippen LogP contribution in [0.25, 0.3) is 0 Å². The molecule has 0 bridgehead atoms. The molecule has 2 rings (SSSR count). The van der Waals surface area contributed by atoms with Gasteiger partial charge in [0.15, 0.2) is 0 Å². The van der Waals surface area contributed by atoms with E-state index in [1.165, 1.54) is 0 Å². The number of rotatable bonds is 7. The number of ether oxygens (including phenoxy) is 1. The Morgan fingerprint density at radius 2 is 2.00 bits per heavy atom. The molecule has 5 heteroatoms. The zero-order valence-electron chi connectivity index (χ0n) is 10.8. The third-order valence-electron chi connectivity index (χ3n) is 3.28. The minimum Gasteiger partial charge on any atom is -0.491 e. The van der Waals surface area contributed by atoms with E-state index in [9.17, 15) is 5.11 Å². The molecule has 1 aliphatic carbocycles. The summed E-state index contributed by atoms with van der Waals surface area (Å²) in [6.07, 6.45) is 1.11. The van der Waals surface area contributed by atoms with Crippen molar-refractivity contribution in [3.63, 3.8) is 0 Å². The molecule has 1 aliphatic rings. The van der Waals surface area contributed by atoms with Crippen molar-refractivity contribution in [2.45, 2.75) is 25.0 Å². The van der Waals surface area contributed by atoms with E-state index in [-0.39, 0.29) is 12.7 Å². The van der Waals surface area contributed by atoms with Crippen molar-refractivity contribution >= 4 is 15.9 Å². The van der Waals surface area contributed by atoms with Crippen LogP contribution in [0, 0.1) is 5.92 Å². The number of aliphatic hydroxyl groups is 2. The summed E-state index contributed by atoms with van der Waals surface area (Å²) in [6.45, 7) is 1.65. The van der Waals surface area contributed by atoms with Crippen LogP contribution in [-0.4, -0.2) is 42.1 Å². The van der Waals surface area contributed by atoms with Gasteiger partial charge in [0, 0.05) is 11.0 Å². The highest BCUT2D eigenvalue weighted by Crippen LogP contribution is 2.25. The van der Waals surface area contributed by atoms with Crippen LogP contribution in [0.4, 0.5) is 0 Å². The summed E-state index contributed by atoms with van der Waals surface area (Å²) in [6, 6.07) is 7.53. The van der Waals surface area contributed by atoms with Gasteiger partial charge < -0.3 is 20.3 Å². The van der Waals surface area contributed by atoms with Gasteiger partial charge in [0.2, 0.25) is 0 Å². The molecule has 0 aliphatic heterocycles. The summed E-state index contributed by atoms with van der Waals surface area (Å²) >= 11 is 3.36. The second kappa shape index (κ2) is 7.24. The topological polar surface area (TPSA) is 61.7 Å². The molecule has 1 fully saturated rings. The molecule has 0 radical (unpaired) electrons. The van der Waals surface area contributed by atoms with E-state index in [4.69, 9.17) is 9.84 Å². The Morgan fingerprint density at radius 3 is 2.63 bits per heavy atom. The first kappa shape index (κ1) is 14.8. The van der Waals surface area contributed by atoms with E-state index in [2.05, 4.69) is 21.2 Å². The summed E-state index contributed by atoms with van der Waals surface area (Å²) in [7, 11) is 0. The maximum Gasteiger partial charge on any atom is 0.119 e. The lowest BCUT2D eigenvalue weighted by atomic mass is 9.82. The Kier molecular flexibility index (Phi) is 5.63. The maximum absolute atomic E-state index is 9.77. The average molecular weight is 330 g/mol. The summed E-state index contributed by atoms with van der Waals surface area (Å²) in [5.41, 5.74) is 0. The molecular weight excluding hydrogens is 310 g/mol. The van der Waals surface area contributed by atoms with E-state index in [1.807, 2.05) is 24.3 Å². The van der Waals surface area contributed by atoms with Crippen LogP contribution in [0.15, 0.2) is 28.7 Å². The molecule has 4 nitrogen and oxygen atoms in total. The highest BCUT2D eigenvalue weighted by molar-refractivity contribution is 9.10. The molecule has 0 heterocycles. The van der Waals surface area contributed by atoms with Crippen molar-refractivity contribution in [1.82, 2.24) is 5.32 Å². The number of hydrogen-bond acceptors (Lipinski definition) is 4. The number of benzene rings is 1. The summed E-state index contributed by atoms with van der Waals surface area (Å²) in [5.74, 6) is 1.30. The summed E-state index contributed by atoms with van der Waals surface area (Å²) < 4.78 is 6.49. The first-order valence-electron chi connectivity index (χ1n) is 6.58. The lowest BCUT2D eigenvalue weighted by Gasteiger charge is -2.31. The Bertz CT molecular complexity index is 379. The monoisotopic (exact) mass is 329 g/mol. The molecule has 1 atom stereocenters. The number of halogens is 1. The highest BCUT2D eigenvalue weighted by Gasteiger charge is 2.26. The molecule has 1 aromatic carbocycles. The van der Waals surface area contributed by atoms with Crippen LogP contribution in [-0.2, 0) is 0 Å². The number of nitrogens with one attached hydrogen (secondary N) is 1. The molecule has 0 aromatic heterocycles. The largest absolute Gasteiger partial charge is 0.491 e. The number of hydrogen-bond donors (Lipinski definition) is 3. The molecule has 1 saturated carbocycles. The molecule has 0 saturated heterocycles. The molecule has 0 spiro atoms. The van der Waals surface area contributed by atoms with Crippen molar-refractivity contribution < 1.29 is 14.9 Å². The van der Waals surface area contributed by atoms with Crippen molar-refractivity contribution in [3.05, 3.63) is 28.7 Å². The van der Waals surface area contributed by atoms with Gasteiger partial charge in [-0.25, -0.2) is 0 Å². The van der Waals surface area contributed by atoms with Gasteiger partial charge in [-0.05, 0) is 49.6 Å². The third kappa shape index (κ3) is 5.10. The Labute approximate surface area is 121 Å². The molecule has 1 unspecified atom stereocenters. The van der Waals surface area contributed by atoms with Crippen molar-refractivity contribution in [2.24, 2.45) is 5.92 Å². The average Bonchev–Trinajstić information content (AvgIpc) is 2.36. The van der Waals surface area contributed by atoms with Gasteiger partial charge in [0.1, 0.15) is 18.5 Å². The van der Waals surface area contributed by atoms with Gasteiger partial charge in [0.05, 0.1) is 6.10 Å².